The molecule has 2 amide bonds. The first-order valence-corrected chi connectivity index (χ1v) is 10.4. The normalized spacial score (nSPS) is 22.6. The number of benzene rings is 1. The lowest BCUT2D eigenvalue weighted by atomic mass is 9.92. The van der Waals surface area contributed by atoms with Crippen molar-refractivity contribution in [3.05, 3.63) is 70.3 Å². The molecule has 0 bridgehead atoms. The second-order valence-electron chi connectivity index (χ2n) is 8.26. The lowest BCUT2D eigenvalue weighted by Crippen LogP contribution is -2.54. The third-order valence-electron chi connectivity index (χ3n) is 6.19. The van der Waals surface area contributed by atoms with E-state index >= 15 is 0 Å². The number of carbonyl (C=O) groups excluding carboxylic acids is 2. The van der Waals surface area contributed by atoms with Crippen LogP contribution in [-0.4, -0.2) is 59.6 Å². The number of carbonyl (C=O) groups is 2. The van der Waals surface area contributed by atoms with E-state index in [1.54, 1.807) is 16.9 Å². The van der Waals surface area contributed by atoms with Crippen molar-refractivity contribution < 1.29 is 28.2 Å². The zero-order valence-corrected chi connectivity index (χ0v) is 18.0. The number of nitrogens with zero attached hydrogens (tertiary/aromatic N) is 2. The van der Waals surface area contributed by atoms with Gasteiger partial charge >= 0.3 is 0 Å². The van der Waals surface area contributed by atoms with Crippen molar-refractivity contribution in [2.45, 2.75) is 25.9 Å². The van der Waals surface area contributed by atoms with Crippen LogP contribution in [0.4, 0.5) is 8.78 Å². The molecule has 0 aliphatic carbocycles. The lowest BCUT2D eigenvalue weighted by molar-refractivity contribution is -0.133. The maximum absolute atomic E-state index is 14.0. The van der Waals surface area contributed by atoms with Gasteiger partial charge in [0.15, 0.2) is 11.5 Å². The van der Waals surface area contributed by atoms with Crippen molar-refractivity contribution in [2.24, 2.45) is 5.92 Å². The largest absolute Gasteiger partial charge is 0.505 e. The van der Waals surface area contributed by atoms with Crippen LogP contribution in [0.5, 0.6) is 0 Å². The van der Waals surface area contributed by atoms with Gasteiger partial charge in [0.2, 0.25) is 0 Å². The van der Waals surface area contributed by atoms with Crippen molar-refractivity contribution in [1.29, 1.82) is 0 Å². The summed E-state index contributed by atoms with van der Waals surface area (Å²) in [5.74, 6) is -2.73. The monoisotopic (exact) mass is 445 g/mol. The predicted octanol–water partition coefficient (Wildman–Crippen LogP) is 2.37. The topological polar surface area (TPSA) is 82.1 Å². The highest BCUT2D eigenvalue weighted by Gasteiger charge is 2.50. The molecule has 3 aliphatic heterocycles. The molecule has 2 atom stereocenters. The number of piperazine rings is 1. The van der Waals surface area contributed by atoms with E-state index in [2.05, 4.69) is 11.9 Å². The maximum atomic E-state index is 14.0. The number of amides is 2. The number of hydrogen-bond acceptors (Lipinski definition) is 5. The minimum atomic E-state index is -0.762. The third kappa shape index (κ3) is 3.56. The van der Waals surface area contributed by atoms with E-state index in [4.69, 9.17) is 4.74 Å². The second-order valence-corrected chi connectivity index (χ2v) is 8.26. The molecular weight excluding hydrogens is 420 g/mol. The van der Waals surface area contributed by atoms with Gasteiger partial charge in [-0.05, 0) is 18.4 Å². The van der Waals surface area contributed by atoms with Crippen LogP contribution in [0.3, 0.4) is 0 Å². The summed E-state index contributed by atoms with van der Waals surface area (Å²) in [5.41, 5.74) is 1.12. The molecule has 2 saturated heterocycles. The average molecular weight is 445 g/mol. The van der Waals surface area contributed by atoms with Crippen LogP contribution in [0.2, 0.25) is 0 Å². The van der Waals surface area contributed by atoms with E-state index in [0.29, 0.717) is 31.8 Å². The van der Waals surface area contributed by atoms with E-state index in [0.717, 1.165) is 12.1 Å². The summed E-state index contributed by atoms with van der Waals surface area (Å²) >= 11 is 0. The van der Waals surface area contributed by atoms with E-state index in [1.165, 1.54) is 6.07 Å². The smallest absolute Gasteiger partial charge is 0.274 e. The number of allylic oxidation sites excluding steroid dienone is 2. The SMILES string of the molecule is C=C1C(O)=C2C(=O)N(CCOC)CC3CC(C)C(=C1C(=O)NCc1ccc(F)cc1F)N23. The fourth-order valence-electron chi connectivity index (χ4n) is 4.68. The molecule has 2 fully saturated rings. The van der Waals surface area contributed by atoms with Gasteiger partial charge in [-0.15, -0.1) is 0 Å². The molecule has 7 nitrogen and oxygen atoms in total. The number of halogens is 2. The Bertz CT molecular complexity index is 1070. The summed E-state index contributed by atoms with van der Waals surface area (Å²) < 4.78 is 32.2. The number of hydrogen-bond donors (Lipinski definition) is 2. The highest BCUT2D eigenvalue weighted by atomic mass is 19.1. The summed E-state index contributed by atoms with van der Waals surface area (Å²) in [6, 6.07) is 3.05. The van der Waals surface area contributed by atoms with Crippen molar-refractivity contribution in [3.63, 3.8) is 0 Å². The first-order chi connectivity index (χ1) is 15.2. The Morgan fingerprint density at radius 3 is 2.81 bits per heavy atom. The fraction of sp³-hybridized carbons (Fsp3) is 0.391. The van der Waals surface area contributed by atoms with Gasteiger partial charge in [0.25, 0.3) is 11.8 Å². The molecule has 32 heavy (non-hydrogen) atoms. The fourth-order valence-corrected chi connectivity index (χ4v) is 4.68. The highest BCUT2D eigenvalue weighted by molar-refractivity contribution is 6.04. The Kier molecular flexibility index (Phi) is 5.77. The standard InChI is InChI=1S/C23H25F2N3O4/c1-12-8-16-11-27(6-7-32-3)23(31)20-21(29)13(2)18(19(12)28(16)20)22(30)26-10-14-4-5-15(24)9-17(14)25/h4-5,9,12,16,29H,2,6-8,10-11H2,1,3H3,(H,26,30). The van der Waals surface area contributed by atoms with Gasteiger partial charge in [-0.25, -0.2) is 8.78 Å². The molecule has 3 aliphatic rings. The lowest BCUT2D eigenvalue weighted by Gasteiger charge is -2.43. The van der Waals surface area contributed by atoms with Crippen LogP contribution < -0.4 is 5.32 Å². The van der Waals surface area contributed by atoms with Gasteiger partial charge in [0, 0.05) is 49.6 Å². The molecule has 9 heteroatoms. The summed E-state index contributed by atoms with van der Waals surface area (Å²) in [6.07, 6.45) is 0.694. The van der Waals surface area contributed by atoms with Crippen LogP contribution in [0.1, 0.15) is 18.9 Å². The highest BCUT2D eigenvalue weighted by Crippen LogP contribution is 2.47. The van der Waals surface area contributed by atoms with Crippen molar-refractivity contribution in [2.75, 3.05) is 26.8 Å². The molecule has 2 unspecified atom stereocenters. The average Bonchev–Trinajstić information content (AvgIpc) is 3.06. The molecule has 0 spiro atoms. The zero-order chi connectivity index (χ0) is 23.2. The molecule has 3 heterocycles. The minimum Gasteiger partial charge on any atom is -0.505 e. The summed E-state index contributed by atoms with van der Waals surface area (Å²) in [6.45, 7) is 6.89. The third-order valence-corrected chi connectivity index (χ3v) is 6.19. The molecule has 0 saturated carbocycles. The zero-order valence-electron chi connectivity index (χ0n) is 18.0. The first-order valence-electron chi connectivity index (χ1n) is 10.4. The summed E-state index contributed by atoms with van der Waals surface area (Å²) in [7, 11) is 1.56. The van der Waals surface area contributed by atoms with Crippen molar-refractivity contribution >= 4 is 11.8 Å². The molecule has 0 radical (unpaired) electrons. The Morgan fingerprint density at radius 1 is 1.38 bits per heavy atom. The van der Waals surface area contributed by atoms with Gasteiger partial charge in [0.05, 0.1) is 18.2 Å². The van der Waals surface area contributed by atoms with E-state index in [9.17, 15) is 23.5 Å². The van der Waals surface area contributed by atoms with E-state index in [-0.39, 0.29) is 52.6 Å². The molecule has 1 aromatic carbocycles. The molecule has 170 valence electrons. The number of rotatable bonds is 6. The van der Waals surface area contributed by atoms with Crippen LogP contribution >= 0.6 is 0 Å². The van der Waals surface area contributed by atoms with Crippen LogP contribution in [0.25, 0.3) is 0 Å². The predicted molar refractivity (Wildman–Crippen MR) is 112 cm³/mol. The molecule has 4 rings (SSSR count). The van der Waals surface area contributed by atoms with E-state index < -0.39 is 17.5 Å². The Balaban J connectivity index is 1.63. The van der Waals surface area contributed by atoms with Gasteiger partial charge < -0.3 is 25.0 Å². The Morgan fingerprint density at radius 2 is 2.12 bits per heavy atom. The minimum absolute atomic E-state index is 0.0535. The molecule has 0 aromatic heterocycles. The van der Waals surface area contributed by atoms with Gasteiger partial charge in [-0.1, -0.05) is 19.6 Å². The maximum Gasteiger partial charge on any atom is 0.274 e. The molecule has 1 aromatic rings. The molecule has 2 N–H and O–H groups in total. The quantitative estimate of drug-likeness (QED) is 0.703. The Hall–Kier alpha value is -3.20. The van der Waals surface area contributed by atoms with Crippen molar-refractivity contribution in [3.8, 4) is 0 Å². The van der Waals surface area contributed by atoms with Crippen molar-refractivity contribution in [1.82, 2.24) is 15.1 Å². The number of ether oxygens (including phenoxy) is 1. The second kappa shape index (κ2) is 8.38. The van der Waals surface area contributed by atoms with Crippen LogP contribution in [0, 0.1) is 17.6 Å². The van der Waals surface area contributed by atoms with Gasteiger partial charge in [0.1, 0.15) is 11.6 Å². The van der Waals surface area contributed by atoms with E-state index in [1.807, 2.05) is 6.92 Å². The molecular formula is C23H25F2N3O4. The summed E-state index contributed by atoms with van der Waals surface area (Å²) in [4.78, 5) is 29.6. The van der Waals surface area contributed by atoms with Gasteiger partial charge in [-0.2, -0.15) is 0 Å². The Labute approximate surface area is 184 Å². The summed E-state index contributed by atoms with van der Waals surface area (Å²) in [5, 5.41) is 13.5. The number of aliphatic hydroxyl groups excluding tert-OH is 1. The van der Waals surface area contributed by atoms with Gasteiger partial charge in [-0.3, -0.25) is 9.59 Å². The first kappa shape index (κ1) is 22.0. The number of methoxy groups -OCH3 is 1. The number of aliphatic hydroxyl groups is 1. The van der Waals surface area contributed by atoms with Crippen LogP contribution in [0.15, 0.2) is 53.1 Å². The number of nitrogens with one attached hydrogen (secondary N) is 1. The van der Waals surface area contributed by atoms with Crippen LogP contribution in [-0.2, 0) is 20.9 Å².